The second-order valence-corrected chi connectivity index (χ2v) is 7.49. The zero-order valence-electron chi connectivity index (χ0n) is 12.2. The zero-order valence-corrected chi connectivity index (χ0v) is 13.1. The highest BCUT2D eigenvalue weighted by molar-refractivity contribution is 7.88. The minimum absolute atomic E-state index is 0.0404. The molecule has 1 heterocycles. The van der Waals surface area contributed by atoms with Crippen molar-refractivity contribution >= 4 is 10.0 Å². The highest BCUT2D eigenvalue weighted by atomic mass is 32.2. The molecule has 1 aromatic carbocycles. The highest BCUT2D eigenvalue weighted by Gasteiger charge is 2.19. The van der Waals surface area contributed by atoms with Crippen molar-refractivity contribution in [1.29, 1.82) is 5.26 Å². The molecule has 0 bridgehead atoms. The van der Waals surface area contributed by atoms with Gasteiger partial charge in [-0.05, 0) is 50.0 Å². The molecule has 0 aromatic heterocycles. The third-order valence-electron chi connectivity index (χ3n) is 3.75. The molecular formula is C15H21N3O2S. The van der Waals surface area contributed by atoms with Gasteiger partial charge in [0.1, 0.15) is 0 Å². The summed E-state index contributed by atoms with van der Waals surface area (Å²) in [5, 5.41) is 8.73. The van der Waals surface area contributed by atoms with Gasteiger partial charge in [-0.2, -0.15) is 5.26 Å². The Balaban J connectivity index is 1.87. The largest absolute Gasteiger partial charge is 0.306 e. The fraction of sp³-hybridized carbons (Fsp3) is 0.533. The van der Waals surface area contributed by atoms with E-state index in [9.17, 15) is 8.42 Å². The molecule has 6 heteroatoms. The molecule has 1 fully saturated rings. The number of nitrogens with zero attached hydrogens (tertiary/aromatic N) is 2. The Bertz CT molecular complexity index is 605. The monoisotopic (exact) mass is 307 g/mol. The van der Waals surface area contributed by atoms with Gasteiger partial charge in [-0.15, -0.1) is 0 Å². The molecule has 0 saturated carbocycles. The number of piperidine rings is 1. The molecule has 114 valence electrons. The van der Waals surface area contributed by atoms with Crippen molar-refractivity contribution in [2.45, 2.75) is 18.6 Å². The third kappa shape index (κ3) is 5.12. The normalized spacial score (nSPS) is 20.1. The SMILES string of the molecule is CN1CCCC(CNS(=O)(=O)Cc2ccc(C#N)cc2)C1. The summed E-state index contributed by atoms with van der Waals surface area (Å²) in [6.07, 6.45) is 2.20. The standard InChI is InChI=1S/C15H21N3O2S/c1-18-8-2-3-15(11-18)10-17-21(19,20)12-14-6-4-13(9-16)5-7-14/h4-7,15,17H,2-3,8,10-12H2,1H3. The molecule has 1 aliphatic heterocycles. The first kappa shape index (κ1) is 16.0. The van der Waals surface area contributed by atoms with E-state index in [0.29, 0.717) is 23.6 Å². The number of nitrogens with one attached hydrogen (secondary N) is 1. The van der Waals surface area contributed by atoms with Crippen molar-refractivity contribution in [3.05, 3.63) is 35.4 Å². The minimum atomic E-state index is -3.32. The van der Waals surface area contributed by atoms with E-state index in [1.54, 1.807) is 24.3 Å². The zero-order chi connectivity index (χ0) is 15.3. The van der Waals surface area contributed by atoms with Gasteiger partial charge >= 0.3 is 0 Å². The summed E-state index contributed by atoms with van der Waals surface area (Å²) >= 11 is 0. The van der Waals surface area contributed by atoms with Crippen LogP contribution < -0.4 is 4.72 Å². The van der Waals surface area contributed by atoms with Gasteiger partial charge in [-0.3, -0.25) is 0 Å². The van der Waals surface area contributed by atoms with Crippen LogP contribution in [0.3, 0.4) is 0 Å². The first-order valence-corrected chi connectivity index (χ1v) is 8.78. The van der Waals surface area contributed by atoms with Gasteiger partial charge in [-0.1, -0.05) is 12.1 Å². The molecular weight excluding hydrogens is 286 g/mol. The lowest BCUT2D eigenvalue weighted by molar-refractivity contribution is 0.211. The van der Waals surface area contributed by atoms with Crippen LogP contribution in [0.5, 0.6) is 0 Å². The number of sulfonamides is 1. The van der Waals surface area contributed by atoms with Gasteiger partial charge in [-0.25, -0.2) is 13.1 Å². The Morgan fingerprint density at radius 2 is 2.10 bits per heavy atom. The van der Waals surface area contributed by atoms with Crippen LogP contribution in [-0.4, -0.2) is 40.0 Å². The Morgan fingerprint density at radius 3 is 2.71 bits per heavy atom. The lowest BCUT2D eigenvalue weighted by Gasteiger charge is -2.29. The van der Waals surface area contributed by atoms with Crippen LogP contribution in [0.15, 0.2) is 24.3 Å². The molecule has 1 aliphatic rings. The van der Waals surface area contributed by atoms with Gasteiger partial charge in [0.05, 0.1) is 17.4 Å². The van der Waals surface area contributed by atoms with Gasteiger partial charge in [0, 0.05) is 13.1 Å². The molecule has 5 nitrogen and oxygen atoms in total. The summed E-state index contributed by atoms with van der Waals surface area (Å²) in [6, 6.07) is 8.67. The summed E-state index contributed by atoms with van der Waals surface area (Å²) < 4.78 is 26.9. The maximum absolute atomic E-state index is 12.1. The number of nitriles is 1. The van der Waals surface area contributed by atoms with E-state index in [-0.39, 0.29) is 5.75 Å². The van der Waals surface area contributed by atoms with E-state index < -0.39 is 10.0 Å². The van der Waals surface area contributed by atoms with Crippen molar-refractivity contribution in [2.24, 2.45) is 5.92 Å². The number of likely N-dealkylation sites (tertiary alicyclic amines) is 1. The van der Waals surface area contributed by atoms with Crippen LogP contribution in [0.2, 0.25) is 0 Å². The highest BCUT2D eigenvalue weighted by Crippen LogP contribution is 2.15. The number of benzene rings is 1. The van der Waals surface area contributed by atoms with E-state index in [2.05, 4.69) is 16.7 Å². The molecule has 0 amide bonds. The van der Waals surface area contributed by atoms with E-state index in [4.69, 9.17) is 5.26 Å². The second-order valence-electron chi connectivity index (χ2n) is 5.69. The molecule has 0 spiro atoms. The second kappa shape index (κ2) is 7.03. The Labute approximate surface area is 126 Å². The van der Waals surface area contributed by atoms with Crippen molar-refractivity contribution < 1.29 is 8.42 Å². The molecule has 21 heavy (non-hydrogen) atoms. The fourth-order valence-corrected chi connectivity index (χ4v) is 3.85. The number of rotatable bonds is 5. The number of hydrogen-bond donors (Lipinski definition) is 1. The van der Waals surface area contributed by atoms with Crippen molar-refractivity contribution in [1.82, 2.24) is 9.62 Å². The quantitative estimate of drug-likeness (QED) is 0.890. The van der Waals surface area contributed by atoms with Crippen LogP contribution in [0, 0.1) is 17.2 Å². The maximum atomic E-state index is 12.1. The Kier molecular flexibility index (Phi) is 5.34. The van der Waals surface area contributed by atoms with E-state index in [1.807, 2.05) is 6.07 Å². The smallest absolute Gasteiger partial charge is 0.215 e. The summed E-state index contributed by atoms with van der Waals surface area (Å²) in [7, 11) is -1.26. The first-order valence-electron chi connectivity index (χ1n) is 7.13. The van der Waals surface area contributed by atoms with Crippen LogP contribution in [-0.2, 0) is 15.8 Å². The van der Waals surface area contributed by atoms with Gasteiger partial charge < -0.3 is 4.90 Å². The lowest BCUT2D eigenvalue weighted by atomic mass is 9.99. The predicted octanol–water partition coefficient (Wildman–Crippen LogP) is 1.32. The van der Waals surface area contributed by atoms with Gasteiger partial charge in [0.15, 0.2) is 0 Å². The topological polar surface area (TPSA) is 73.2 Å². The van der Waals surface area contributed by atoms with Gasteiger partial charge in [0.25, 0.3) is 0 Å². The molecule has 0 aliphatic carbocycles. The van der Waals surface area contributed by atoms with Crippen LogP contribution >= 0.6 is 0 Å². The summed E-state index contributed by atoms with van der Waals surface area (Å²) in [5.41, 5.74) is 1.23. The fourth-order valence-electron chi connectivity index (χ4n) is 2.63. The molecule has 1 unspecified atom stereocenters. The Morgan fingerprint density at radius 1 is 1.38 bits per heavy atom. The van der Waals surface area contributed by atoms with Crippen LogP contribution in [0.25, 0.3) is 0 Å². The van der Waals surface area contributed by atoms with E-state index in [0.717, 1.165) is 25.9 Å². The average Bonchev–Trinajstić information content (AvgIpc) is 2.46. The van der Waals surface area contributed by atoms with E-state index in [1.165, 1.54) is 0 Å². The van der Waals surface area contributed by atoms with Crippen molar-refractivity contribution in [3.8, 4) is 6.07 Å². The summed E-state index contributed by atoms with van der Waals surface area (Å²) in [6.45, 7) is 2.54. The summed E-state index contributed by atoms with van der Waals surface area (Å²) in [4.78, 5) is 2.24. The molecule has 1 saturated heterocycles. The van der Waals surface area contributed by atoms with Crippen molar-refractivity contribution in [2.75, 3.05) is 26.7 Å². The first-order chi connectivity index (χ1) is 9.98. The molecule has 1 aromatic rings. The van der Waals surface area contributed by atoms with E-state index >= 15 is 0 Å². The number of hydrogen-bond acceptors (Lipinski definition) is 4. The van der Waals surface area contributed by atoms with Crippen LogP contribution in [0.4, 0.5) is 0 Å². The lowest BCUT2D eigenvalue weighted by Crippen LogP contribution is -2.39. The minimum Gasteiger partial charge on any atom is -0.306 e. The molecule has 1 atom stereocenters. The maximum Gasteiger partial charge on any atom is 0.215 e. The Hall–Kier alpha value is -1.42. The molecule has 0 radical (unpaired) electrons. The third-order valence-corrected chi connectivity index (χ3v) is 5.07. The summed E-state index contributed by atoms with van der Waals surface area (Å²) in [5.74, 6) is 0.348. The van der Waals surface area contributed by atoms with Crippen LogP contribution in [0.1, 0.15) is 24.0 Å². The molecule has 2 rings (SSSR count). The average molecular weight is 307 g/mol. The predicted molar refractivity (Wildman–Crippen MR) is 82.0 cm³/mol. The van der Waals surface area contributed by atoms with Crippen molar-refractivity contribution in [3.63, 3.8) is 0 Å². The molecule has 1 N–H and O–H groups in total. The van der Waals surface area contributed by atoms with Gasteiger partial charge in [0.2, 0.25) is 10.0 Å².